The third-order valence-electron chi connectivity index (χ3n) is 3.69. The lowest BCUT2D eigenvalue weighted by atomic mass is 10.1. The number of rotatable bonds is 3. The summed E-state index contributed by atoms with van der Waals surface area (Å²) in [6.07, 6.45) is 4.62. The van der Waals surface area contributed by atoms with Crippen LogP contribution in [0.5, 0.6) is 0 Å². The Bertz CT molecular complexity index is 238. The van der Waals surface area contributed by atoms with E-state index in [2.05, 4.69) is 17.2 Å². The molecule has 1 saturated carbocycles. The molecular weight excluding hydrogens is 178 g/mol. The first-order valence-electron chi connectivity index (χ1n) is 5.39. The Labute approximate surface area is 84.8 Å². The third-order valence-corrected chi connectivity index (χ3v) is 3.69. The highest BCUT2D eigenvalue weighted by molar-refractivity contribution is 5.75. The maximum atomic E-state index is 11.1. The van der Waals surface area contributed by atoms with Gasteiger partial charge in [-0.05, 0) is 38.1 Å². The second-order valence-electron chi connectivity index (χ2n) is 4.84. The highest BCUT2D eigenvalue weighted by Gasteiger charge is 2.48. The molecule has 4 nitrogen and oxygen atoms in total. The standard InChI is InChI=1S/C10H19N3O/c1-8(6-9(14)12-11)13-5-4-10(7-13)2-3-10/h8H,2-7,11H2,1H3,(H,12,14). The molecule has 0 radical (unpaired) electrons. The van der Waals surface area contributed by atoms with Crippen molar-refractivity contribution in [1.82, 2.24) is 10.3 Å². The van der Waals surface area contributed by atoms with E-state index in [9.17, 15) is 4.79 Å². The molecule has 0 bridgehead atoms. The Hall–Kier alpha value is -0.610. The summed E-state index contributed by atoms with van der Waals surface area (Å²) >= 11 is 0. The van der Waals surface area contributed by atoms with Crippen LogP contribution in [-0.2, 0) is 4.79 Å². The maximum absolute atomic E-state index is 11.1. The molecule has 1 aliphatic carbocycles. The third kappa shape index (κ3) is 1.91. The number of nitrogens with one attached hydrogen (secondary N) is 1. The van der Waals surface area contributed by atoms with E-state index in [1.807, 2.05) is 0 Å². The van der Waals surface area contributed by atoms with Gasteiger partial charge in [0.15, 0.2) is 0 Å². The van der Waals surface area contributed by atoms with E-state index < -0.39 is 0 Å². The van der Waals surface area contributed by atoms with Crippen LogP contribution >= 0.6 is 0 Å². The molecule has 0 aromatic heterocycles. The van der Waals surface area contributed by atoms with E-state index in [0.29, 0.717) is 17.9 Å². The maximum Gasteiger partial charge on any atom is 0.235 e. The van der Waals surface area contributed by atoms with Gasteiger partial charge in [0.2, 0.25) is 5.91 Å². The molecule has 1 atom stereocenters. The van der Waals surface area contributed by atoms with E-state index in [0.717, 1.165) is 6.54 Å². The molecule has 3 N–H and O–H groups in total. The van der Waals surface area contributed by atoms with Gasteiger partial charge in [-0.2, -0.15) is 0 Å². The molecular formula is C10H19N3O. The quantitative estimate of drug-likeness (QED) is 0.387. The molecule has 14 heavy (non-hydrogen) atoms. The van der Waals surface area contributed by atoms with Crippen molar-refractivity contribution in [2.75, 3.05) is 13.1 Å². The number of likely N-dealkylation sites (tertiary alicyclic amines) is 1. The van der Waals surface area contributed by atoms with Crippen LogP contribution in [0.2, 0.25) is 0 Å². The summed E-state index contributed by atoms with van der Waals surface area (Å²) < 4.78 is 0. The highest BCUT2D eigenvalue weighted by Crippen LogP contribution is 2.53. The van der Waals surface area contributed by atoms with Crippen molar-refractivity contribution in [3.05, 3.63) is 0 Å². The van der Waals surface area contributed by atoms with Crippen molar-refractivity contribution in [3.8, 4) is 0 Å². The normalized spacial score (nSPS) is 26.4. The molecule has 2 aliphatic rings. The summed E-state index contributed by atoms with van der Waals surface area (Å²) in [7, 11) is 0. The molecule has 1 saturated heterocycles. The molecule has 1 aliphatic heterocycles. The first-order chi connectivity index (χ1) is 6.65. The molecule has 1 heterocycles. The molecule has 1 amide bonds. The second kappa shape index (κ2) is 3.51. The molecule has 1 spiro atoms. The summed E-state index contributed by atoms with van der Waals surface area (Å²) in [5.41, 5.74) is 2.84. The van der Waals surface area contributed by atoms with Gasteiger partial charge < -0.3 is 0 Å². The fraction of sp³-hybridized carbons (Fsp3) is 0.900. The number of carbonyl (C=O) groups excluding carboxylic acids is 1. The first-order valence-corrected chi connectivity index (χ1v) is 5.39. The van der Waals surface area contributed by atoms with Crippen LogP contribution in [0, 0.1) is 5.41 Å². The zero-order chi connectivity index (χ0) is 10.2. The second-order valence-corrected chi connectivity index (χ2v) is 4.84. The molecule has 2 fully saturated rings. The van der Waals surface area contributed by atoms with Gasteiger partial charge in [-0.3, -0.25) is 15.1 Å². The molecule has 80 valence electrons. The Balaban J connectivity index is 1.80. The van der Waals surface area contributed by atoms with Gasteiger partial charge in [0.05, 0.1) is 0 Å². The first kappa shape index (κ1) is 9.93. The van der Waals surface area contributed by atoms with E-state index in [4.69, 9.17) is 5.84 Å². The fourth-order valence-corrected chi connectivity index (χ4v) is 2.39. The zero-order valence-electron chi connectivity index (χ0n) is 8.75. The number of hydrazine groups is 1. The van der Waals surface area contributed by atoms with E-state index in [1.54, 1.807) is 0 Å². The molecule has 1 unspecified atom stereocenters. The number of amides is 1. The van der Waals surface area contributed by atoms with Gasteiger partial charge in [-0.1, -0.05) is 0 Å². The minimum Gasteiger partial charge on any atom is -0.300 e. The SMILES string of the molecule is CC(CC(=O)NN)N1CCC2(CC2)C1. The zero-order valence-corrected chi connectivity index (χ0v) is 8.75. The van der Waals surface area contributed by atoms with Gasteiger partial charge in [0, 0.05) is 19.0 Å². The summed E-state index contributed by atoms with van der Waals surface area (Å²) in [5, 5.41) is 0. The van der Waals surface area contributed by atoms with Crippen molar-refractivity contribution in [3.63, 3.8) is 0 Å². The topological polar surface area (TPSA) is 58.4 Å². The number of hydrogen-bond donors (Lipinski definition) is 2. The summed E-state index contributed by atoms with van der Waals surface area (Å²) in [6.45, 7) is 4.45. The van der Waals surface area contributed by atoms with Gasteiger partial charge in [0.25, 0.3) is 0 Å². The lowest BCUT2D eigenvalue weighted by Crippen LogP contribution is -2.38. The van der Waals surface area contributed by atoms with Crippen molar-refractivity contribution in [2.45, 2.75) is 38.6 Å². The summed E-state index contributed by atoms with van der Waals surface area (Å²) in [4.78, 5) is 13.5. The van der Waals surface area contributed by atoms with Crippen LogP contribution in [0.25, 0.3) is 0 Å². The van der Waals surface area contributed by atoms with Crippen LogP contribution in [0.15, 0.2) is 0 Å². The highest BCUT2D eigenvalue weighted by atomic mass is 16.2. The average Bonchev–Trinajstić information content (AvgIpc) is 2.76. The number of hydrogen-bond acceptors (Lipinski definition) is 3. The van der Waals surface area contributed by atoms with Crippen molar-refractivity contribution in [2.24, 2.45) is 11.3 Å². The lowest BCUT2D eigenvalue weighted by Gasteiger charge is -2.23. The average molecular weight is 197 g/mol. The smallest absolute Gasteiger partial charge is 0.235 e. The monoisotopic (exact) mass is 197 g/mol. The summed E-state index contributed by atoms with van der Waals surface area (Å²) in [5.74, 6) is 5.01. The molecule has 0 aromatic rings. The summed E-state index contributed by atoms with van der Waals surface area (Å²) in [6, 6.07) is 0.332. The van der Waals surface area contributed by atoms with Gasteiger partial charge in [0.1, 0.15) is 0 Å². The fourth-order valence-electron chi connectivity index (χ4n) is 2.39. The van der Waals surface area contributed by atoms with Crippen LogP contribution in [0.3, 0.4) is 0 Å². The van der Waals surface area contributed by atoms with Crippen molar-refractivity contribution < 1.29 is 4.79 Å². The van der Waals surface area contributed by atoms with Crippen LogP contribution in [-0.4, -0.2) is 29.9 Å². The minimum atomic E-state index is -0.0609. The molecule has 4 heteroatoms. The van der Waals surface area contributed by atoms with E-state index in [-0.39, 0.29) is 5.91 Å². The number of nitrogens with two attached hydrogens (primary N) is 1. The van der Waals surface area contributed by atoms with Crippen LogP contribution < -0.4 is 11.3 Å². The lowest BCUT2D eigenvalue weighted by molar-refractivity contribution is -0.122. The van der Waals surface area contributed by atoms with E-state index >= 15 is 0 Å². The minimum absolute atomic E-state index is 0.0609. The number of carbonyl (C=O) groups is 1. The van der Waals surface area contributed by atoms with E-state index in [1.165, 1.54) is 25.8 Å². The van der Waals surface area contributed by atoms with Crippen LogP contribution in [0.1, 0.15) is 32.6 Å². The predicted molar refractivity (Wildman–Crippen MR) is 54.3 cm³/mol. The molecule has 2 rings (SSSR count). The van der Waals surface area contributed by atoms with Crippen LogP contribution in [0.4, 0.5) is 0 Å². The Morgan fingerprint density at radius 2 is 2.29 bits per heavy atom. The largest absolute Gasteiger partial charge is 0.300 e. The van der Waals surface area contributed by atoms with Crippen molar-refractivity contribution >= 4 is 5.91 Å². The Morgan fingerprint density at radius 1 is 1.57 bits per heavy atom. The Morgan fingerprint density at radius 3 is 2.79 bits per heavy atom. The van der Waals surface area contributed by atoms with Crippen molar-refractivity contribution in [1.29, 1.82) is 0 Å². The van der Waals surface area contributed by atoms with Gasteiger partial charge >= 0.3 is 0 Å². The number of nitrogens with zero attached hydrogens (tertiary/aromatic N) is 1. The Kier molecular flexibility index (Phi) is 2.49. The predicted octanol–water partition coefficient (Wildman–Crippen LogP) is 0.241. The molecule has 0 aromatic carbocycles. The van der Waals surface area contributed by atoms with Gasteiger partial charge in [-0.15, -0.1) is 0 Å². The van der Waals surface area contributed by atoms with Gasteiger partial charge in [-0.25, -0.2) is 5.84 Å².